The van der Waals surface area contributed by atoms with Crippen molar-refractivity contribution >= 4 is 17.7 Å². The number of halogens is 1. The van der Waals surface area contributed by atoms with E-state index in [2.05, 4.69) is 4.98 Å². The molecule has 2 atom stereocenters. The first kappa shape index (κ1) is 23.0. The van der Waals surface area contributed by atoms with Crippen LogP contribution in [0, 0.1) is 5.82 Å². The van der Waals surface area contributed by atoms with Crippen molar-refractivity contribution in [1.82, 2.24) is 14.8 Å². The van der Waals surface area contributed by atoms with Crippen LogP contribution in [0.25, 0.3) is 0 Å². The van der Waals surface area contributed by atoms with Crippen molar-refractivity contribution in [3.8, 4) is 0 Å². The molecule has 8 nitrogen and oxygen atoms in total. The first-order chi connectivity index (χ1) is 15.9. The Labute approximate surface area is 191 Å². The number of carbonyl (C=O) groups excluding carboxylic acids is 3. The number of aromatic nitrogens is 1. The molecule has 1 aromatic carbocycles. The minimum Gasteiger partial charge on any atom is -0.376 e. The van der Waals surface area contributed by atoms with Crippen LogP contribution in [0.3, 0.4) is 0 Å². The first-order valence-electron chi connectivity index (χ1n) is 10.8. The summed E-state index contributed by atoms with van der Waals surface area (Å²) in [5, 5.41) is 0. The number of nitrogens with zero attached hydrogens (tertiary/aromatic N) is 3. The van der Waals surface area contributed by atoms with Gasteiger partial charge in [-0.05, 0) is 29.3 Å². The van der Waals surface area contributed by atoms with Gasteiger partial charge in [-0.1, -0.05) is 18.2 Å². The zero-order valence-corrected chi connectivity index (χ0v) is 18.4. The van der Waals surface area contributed by atoms with Crippen LogP contribution in [0.2, 0.25) is 0 Å². The van der Waals surface area contributed by atoms with E-state index in [1.807, 2.05) is 0 Å². The number of pyridine rings is 1. The third-order valence-electron chi connectivity index (χ3n) is 6.09. The Kier molecular flexibility index (Phi) is 6.80. The van der Waals surface area contributed by atoms with Gasteiger partial charge in [0.1, 0.15) is 5.82 Å². The van der Waals surface area contributed by atoms with E-state index in [-0.39, 0.29) is 31.4 Å². The highest BCUT2D eigenvalue weighted by atomic mass is 19.1. The highest BCUT2D eigenvalue weighted by molar-refractivity contribution is 6.10. The highest BCUT2D eigenvalue weighted by Gasteiger charge is 2.54. The molecule has 2 fully saturated rings. The Balaban J connectivity index is 1.60. The number of benzene rings is 1. The van der Waals surface area contributed by atoms with Gasteiger partial charge in [-0.2, -0.15) is 0 Å². The predicted octanol–water partition coefficient (Wildman–Crippen LogP) is 1.68. The van der Waals surface area contributed by atoms with E-state index in [4.69, 9.17) is 9.47 Å². The summed E-state index contributed by atoms with van der Waals surface area (Å²) < 4.78 is 25.1. The van der Waals surface area contributed by atoms with Crippen LogP contribution in [0.1, 0.15) is 24.0 Å². The second-order valence-electron chi connectivity index (χ2n) is 8.43. The average molecular weight is 455 g/mol. The standard InChI is InChI=1S/C24H26FN3O5/c1-27(15-20-16-32-8-9-33-20)21(29)11-24(18-5-2-6-19(25)10-18)12-22(30)28(23(24)31)14-17-4-3-7-26-13-17/h2-7,10,13,20H,8-9,11-12,14-16H2,1H3/t20-,24-/m0/s1. The van der Waals surface area contributed by atoms with Crippen molar-refractivity contribution in [2.75, 3.05) is 33.4 Å². The van der Waals surface area contributed by atoms with Crippen LogP contribution in [0.5, 0.6) is 0 Å². The molecule has 3 amide bonds. The maximum absolute atomic E-state index is 14.1. The number of likely N-dealkylation sites (N-methyl/N-ethyl adjacent to an activating group) is 1. The maximum atomic E-state index is 14.1. The Morgan fingerprint density at radius 2 is 2.12 bits per heavy atom. The van der Waals surface area contributed by atoms with Gasteiger partial charge in [-0.3, -0.25) is 24.3 Å². The summed E-state index contributed by atoms with van der Waals surface area (Å²) in [6.45, 7) is 1.68. The van der Waals surface area contributed by atoms with Gasteiger partial charge in [0.25, 0.3) is 0 Å². The number of ether oxygens (including phenoxy) is 2. The summed E-state index contributed by atoms with van der Waals surface area (Å²) in [5.74, 6) is -1.79. The fourth-order valence-electron chi connectivity index (χ4n) is 4.33. The summed E-state index contributed by atoms with van der Waals surface area (Å²) in [4.78, 5) is 46.4. The molecule has 2 aliphatic heterocycles. The third-order valence-corrected chi connectivity index (χ3v) is 6.09. The second-order valence-corrected chi connectivity index (χ2v) is 8.43. The van der Waals surface area contributed by atoms with Crippen molar-refractivity contribution in [2.45, 2.75) is 30.9 Å². The molecule has 33 heavy (non-hydrogen) atoms. The van der Waals surface area contributed by atoms with Gasteiger partial charge in [0, 0.05) is 38.8 Å². The molecule has 9 heteroatoms. The molecule has 0 bridgehead atoms. The van der Waals surface area contributed by atoms with Crippen LogP contribution in [0.15, 0.2) is 48.8 Å². The van der Waals surface area contributed by atoms with Gasteiger partial charge in [0.05, 0.1) is 37.9 Å². The Morgan fingerprint density at radius 1 is 1.27 bits per heavy atom. The van der Waals surface area contributed by atoms with E-state index >= 15 is 0 Å². The Hall–Kier alpha value is -3.17. The number of amides is 3. The van der Waals surface area contributed by atoms with E-state index in [1.54, 1.807) is 37.6 Å². The quantitative estimate of drug-likeness (QED) is 0.591. The molecule has 0 aliphatic carbocycles. The molecule has 2 saturated heterocycles. The van der Waals surface area contributed by atoms with E-state index in [0.717, 1.165) is 4.90 Å². The molecule has 3 heterocycles. The fraction of sp³-hybridized carbons (Fsp3) is 0.417. The zero-order valence-electron chi connectivity index (χ0n) is 18.4. The smallest absolute Gasteiger partial charge is 0.241 e. The van der Waals surface area contributed by atoms with Gasteiger partial charge in [-0.15, -0.1) is 0 Å². The SMILES string of the molecule is CN(C[C@H]1COCCO1)C(=O)C[C@@]1(c2cccc(F)c2)CC(=O)N(Cc2cccnc2)C1=O. The summed E-state index contributed by atoms with van der Waals surface area (Å²) >= 11 is 0. The van der Waals surface area contributed by atoms with E-state index in [0.29, 0.717) is 37.5 Å². The van der Waals surface area contributed by atoms with Gasteiger partial charge in [0.15, 0.2) is 0 Å². The molecule has 0 unspecified atom stereocenters. The monoisotopic (exact) mass is 455 g/mol. The van der Waals surface area contributed by atoms with Crippen molar-refractivity contribution in [3.63, 3.8) is 0 Å². The number of rotatable bonds is 7. The van der Waals surface area contributed by atoms with Crippen LogP contribution in [0.4, 0.5) is 4.39 Å². The largest absolute Gasteiger partial charge is 0.376 e. The number of likely N-dealkylation sites (tertiary alicyclic amines) is 1. The second kappa shape index (κ2) is 9.76. The lowest BCUT2D eigenvalue weighted by Crippen LogP contribution is -2.45. The normalized spacial score (nSPS) is 23.1. The summed E-state index contributed by atoms with van der Waals surface area (Å²) in [7, 11) is 1.62. The molecule has 4 rings (SSSR count). The lowest BCUT2D eigenvalue weighted by atomic mass is 9.75. The number of hydrogen-bond acceptors (Lipinski definition) is 6. The molecule has 0 N–H and O–H groups in total. The topological polar surface area (TPSA) is 89.0 Å². The zero-order chi connectivity index (χ0) is 23.4. The lowest BCUT2D eigenvalue weighted by molar-refractivity contribution is -0.144. The van der Waals surface area contributed by atoms with E-state index in [1.165, 1.54) is 23.1 Å². The number of hydrogen-bond donors (Lipinski definition) is 0. The molecule has 0 spiro atoms. The third kappa shape index (κ3) is 4.94. The minimum atomic E-state index is -1.48. The summed E-state index contributed by atoms with van der Waals surface area (Å²) in [6, 6.07) is 9.05. The first-order valence-corrected chi connectivity index (χ1v) is 10.8. The van der Waals surface area contributed by atoms with Crippen molar-refractivity contribution in [3.05, 3.63) is 65.7 Å². The van der Waals surface area contributed by atoms with Crippen LogP contribution in [-0.2, 0) is 35.8 Å². The van der Waals surface area contributed by atoms with Crippen LogP contribution >= 0.6 is 0 Å². The molecular formula is C24H26FN3O5. The summed E-state index contributed by atoms with van der Waals surface area (Å²) in [6.07, 6.45) is 2.45. The van der Waals surface area contributed by atoms with Crippen molar-refractivity contribution < 1.29 is 28.2 Å². The molecule has 0 saturated carbocycles. The van der Waals surface area contributed by atoms with Gasteiger partial charge in [-0.25, -0.2) is 4.39 Å². The fourth-order valence-corrected chi connectivity index (χ4v) is 4.33. The van der Waals surface area contributed by atoms with Gasteiger partial charge in [0.2, 0.25) is 17.7 Å². The van der Waals surface area contributed by atoms with Crippen LogP contribution < -0.4 is 0 Å². The molecule has 174 valence electrons. The Morgan fingerprint density at radius 3 is 2.82 bits per heavy atom. The highest BCUT2D eigenvalue weighted by Crippen LogP contribution is 2.41. The molecular weight excluding hydrogens is 429 g/mol. The van der Waals surface area contributed by atoms with Crippen molar-refractivity contribution in [1.29, 1.82) is 0 Å². The number of imide groups is 1. The predicted molar refractivity (Wildman–Crippen MR) is 115 cm³/mol. The average Bonchev–Trinajstić information content (AvgIpc) is 3.05. The molecule has 0 radical (unpaired) electrons. The minimum absolute atomic E-state index is 0.0415. The Bertz CT molecular complexity index is 1030. The molecule has 2 aromatic rings. The van der Waals surface area contributed by atoms with Gasteiger partial charge >= 0.3 is 0 Å². The lowest BCUT2D eigenvalue weighted by Gasteiger charge is -2.31. The molecule has 2 aliphatic rings. The number of carbonyl (C=O) groups is 3. The van der Waals surface area contributed by atoms with Gasteiger partial charge < -0.3 is 14.4 Å². The van der Waals surface area contributed by atoms with E-state index in [9.17, 15) is 18.8 Å². The van der Waals surface area contributed by atoms with E-state index < -0.39 is 23.0 Å². The van der Waals surface area contributed by atoms with Crippen LogP contribution in [-0.4, -0.2) is 72.0 Å². The van der Waals surface area contributed by atoms with Crippen molar-refractivity contribution in [2.24, 2.45) is 0 Å². The molecule has 1 aromatic heterocycles. The summed E-state index contributed by atoms with van der Waals surface area (Å²) in [5.41, 5.74) is -0.475. The maximum Gasteiger partial charge on any atom is 0.241 e.